The van der Waals surface area contributed by atoms with E-state index in [1.54, 1.807) is 0 Å². The summed E-state index contributed by atoms with van der Waals surface area (Å²) in [5.41, 5.74) is 0.692. The van der Waals surface area contributed by atoms with Crippen LogP contribution in [0.25, 0.3) is 0 Å². The molecule has 0 aromatic carbocycles. The third-order valence-corrected chi connectivity index (χ3v) is 1.14. The minimum absolute atomic E-state index is 0.00646. The molecule has 0 unspecified atom stereocenters. The highest BCUT2D eigenvalue weighted by atomic mass is 14.4. The number of hydrogen-bond donors (Lipinski definition) is 1. The molecule has 0 aromatic rings. The molecule has 1 heteroatoms. The molecule has 1 nitrogen and oxygen atoms in total. The molecule has 9 heavy (non-hydrogen) atoms. The maximum Gasteiger partial charge on any atom is 0.0364 e. The van der Waals surface area contributed by atoms with Crippen LogP contribution in [0.5, 0.6) is 0 Å². The van der Waals surface area contributed by atoms with Crippen LogP contribution < -0.4 is 0 Å². The third kappa shape index (κ3) is 3.07. The van der Waals surface area contributed by atoms with Gasteiger partial charge < -0.3 is 5.41 Å². The standard InChI is InChI=1S/C8H15N/c1-5-6-7(9)8(2,3)4/h5-6,9H,1-4H3/b6-5-,9-7?. The first-order chi connectivity index (χ1) is 3.98. The van der Waals surface area contributed by atoms with Gasteiger partial charge in [0.1, 0.15) is 0 Å². The van der Waals surface area contributed by atoms with E-state index in [0.29, 0.717) is 5.71 Å². The molecule has 0 aliphatic carbocycles. The number of rotatable bonds is 1. The number of hydrogen-bond acceptors (Lipinski definition) is 1. The van der Waals surface area contributed by atoms with Crippen LogP contribution in [0.3, 0.4) is 0 Å². The Hall–Kier alpha value is -0.590. The highest BCUT2D eigenvalue weighted by molar-refractivity contribution is 5.96. The number of nitrogens with one attached hydrogen (secondary N) is 1. The van der Waals surface area contributed by atoms with Gasteiger partial charge >= 0.3 is 0 Å². The lowest BCUT2D eigenvalue weighted by Gasteiger charge is -2.15. The molecule has 0 aliphatic heterocycles. The molecule has 0 amide bonds. The Balaban J connectivity index is 4.06. The molecule has 0 radical (unpaired) electrons. The topological polar surface area (TPSA) is 23.9 Å². The van der Waals surface area contributed by atoms with Crippen LogP contribution in [0.1, 0.15) is 27.7 Å². The van der Waals surface area contributed by atoms with Crippen molar-refractivity contribution in [1.82, 2.24) is 0 Å². The zero-order valence-corrected chi connectivity index (χ0v) is 6.65. The lowest BCUT2D eigenvalue weighted by atomic mass is 9.90. The van der Waals surface area contributed by atoms with Crippen LogP contribution in [0.15, 0.2) is 12.2 Å². The van der Waals surface area contributed by atoms with Crippen molar-refractivity contribution in [2.75, 3.05) is 0 Å². The molecule has 0 heterocycles. The van der Waals surface area contributed by atoms with Gasteiger partial charge in [0.2, 0.25) is 0 Å². The smallest absolute Gasteiger partial charge is 0.0364 e. The van der Waals surface area contributed by atoms with Crippen molar-refractivity contribution in [2.24, 2.45) is 5.41 Å². The van der Waals surface area contributed by atoms with Gasteiger partial charge in [-0.2, -0.15) is 0 Å². The fourth-order valence-electron chi connectivity index (χ4n) is 0.417. The van der Waals surface area contributed by atoms with E-state index in [9.17, 15) is 0 Å². The Morgan fingerprint density at radius 3 is 1.89 bits per heavy atom. The molecule has 0 rings (SSSR count). The Labute approximate surface area is 57.3 Å². The molecule has 0 bridgehead atoms. The molecular formula is C8H15N. The van der Waals surface area contributed by atoms with Crippen LogP contribution >= 0.6 is 0 Å². The summed E-state index contributed by atoms with van der Waals surface area (Å²) in [6.07, 6.45) is 3.73. The van der Waals surface area contributed by atoms with Crippen LogP contribution in [-0.4, -0.2) is 5.71 Å². The first kappa shape index (κ1) is 8.41. The van der Waals surface area contributed by atoms with Crippen LogP contribution in [-0.2, 0) is 0 Å². The molecule has 1 N–H and O–H groups in total. The van der Waals surface area contributed by atoms with Crippen molar-refractivity contribution in [1.29, 1.82) is 5.41 Å². The normalized spacial score (nSPS) is 12.4. The van der Waals surface area contributed by atoms with Crippen LogP contribution in [0.4, 0.5) is 0 Å². The lowest BCUT2D eigenvalue weighted by Crippen LogP contribution is -2.16. The predicted octanol–water partition coefficient (Wildman–Crippen LogP) is 2.63. The van der Waals surface area contributed by atoms with E-state index >= 15 is 0 Å². The SMILES string of the molecule is C/C=C\C(=N)C(C)(C)C. The first-order valence-corrected chi connectivity index (χ1v) is 3.20. The molecule has 52 valence electrons. The van der Waals surface area contributed by atoms with Crippen LogP contribution in [0, 0.1) is 10.8 Å². The van der Waals surface area contributed by atoms with Gasteiger partial charge in [-0.1, -0.05) is 26.8 Å². The van der Waals surface area contributed by atoms with Crippen molar-refractivity contribution >= 4 is 5.71 Å². The number of allylic oxidation sites excluding steroid dienone is 2. The largest absolute Gasteiger partial charge is 0.305 e. The van der Waals surface area contributed by atoms with E-state index in [2.05, 4.69) is 0 Å². The highest BCUT2D eigenvalue weighted by Gasteiger charge is 2.13. The second kappa shape index (κ2) is 2.81. The van der Waals surface area contributed by atoms with Crippen molar-refractivity contribution in [2.45, 2.75) is 27.7 Å². The van der Waals surface area contributed by atoms with Gasteiger partial charge in [-0.05, 0) is 13.0 Å². The summed E-state index contributed by atoms with van der Waals surface area (Å²) in [5, 5.41) is 7.45. The van der Waals surface area contributed by atoms with Gasteiger partial charge in [0.05, 0.1) is 0 Å². The molecule has 0 aromatic heterocycles. The Kier molecular flexibility index (Phi) is 2.63. The van der Waals surface area contributed by atoms with Crippen LogP contribution in [0.2, 0.25) is 0 Å². The van der Waals surface area contributed by atoms with Gasteiger partial charge in [-0.25, -0.2) is 0 Å². The fraction of sp³-hybridized carbons (Fsp3) is 0.625. The fourth-order valence-corrected chi connectivity index (χ4v) is 0.417. The maximum absolute atomic E-state index is 7.45. The average Bonchev–Trinajstić information content (AvgIpc) is 1.64. The van der Waals surface area contributed by atoms with Gasteiger partial charge in [-0.3, -0.25) is 0 Å². The molecule has 0 aliphatic rings. The van der Waals surface area contributed by atoms with Crippen molar-refractivity contribution in [3.05, 3.63) is 12.2 Å². The van der Waals surface area contributed by atoms with Gasteiger partial charge in [0, 0.05) is 11.1 Å². The predicted molar refractivity (Wildman–Crippen MR) is 42.0 cm³/mol. The second-order valence-electron chi connectivity index (χ2n) is 3.16. The van der Waals surface area contributed by atoms with E-state index in [-0.39, 0.29) is 5.41 Å². The molecule has 0 fully saturated rings. The van der Waals surface area contributed by atoms with E-state index in [1.165, 1.54) is 0 Å². The molecule has 0 saturated carbocycles. The lowest BCUT2D eigenvalue weighted by molar-refractivity contribution is 0.590. The van der Waals surface area contributed by atoms with Crippen molar-refractivity contribution < 1.29 is 0 Å². The summed E-state index contributed by atoms with van der Waals surface area (Å²) in [6, 6.07) is 0. The van der Waals surface area contributed by atoms with Gasteiger partial charge in [-0.15, -0.1) is 0 Å². The zero-order chi connectivity index (χ0) is 7.49. The van der Waals surface area contributed by atoms with Gasteiger partial charge in [0.15, 0.2) is 0 Å². The Bertz CT molecular complexity index is 126. The summed E-state index contributed by atoms with van der Waals surface area (Å²) < 4.78 is 0. The van der Waals surface area contributed by atoms with E-state index in [4.69, 9.17) is 5.41 Å². The van der Waals surface area contributed by atoms with Crippen molar-refractivity contribution in [3.63, 3.8) is 0 Å². The van der Waals surface area contributed by atoms with Gasteiger partial charge in [0.25, 0.3) is 0 Å². The summed E-state index contributed by atoms with van der Waals surface area (Å²) in [7, 11) is 0. The summed E-state index contributed by atoms with van der Waals surface area (Å²) >= 11 is 0. The Morgan fingerprint density at radius 1 is 1.33 bits per heavy atom. The van der Waals surface area contributed by atoms with E-state index < -0.39 is 0 Å². The Morgan fingerprint density at radius 2 is 1.78 bits per heavy atom. The first-order valence-electron chi connectivity index (χ1n) is 3.20. The van der Waals surface area contributed by atoms with E-state index in [0.717, 1.165) is 0 Å². The average molecular weight is 125 g/mol. The third-order valence-electron chi connectivity index (χ3n) is 1.14. The summed E-state index contributed by atoms with van der Waals surface area (Å²) in [5.74, 6) is 0. The minimum atomic E-state index is 0.00646. The molecule has 0 saturated heterocycles. The zero-order valence-electron chi connectivity index (χ0n) is 6.65. The molecule has 0 atom stereocenters. The second-order valence-corrected chi connectivity index (χ2v) is 3.16. The van der Waals surface area contributed by atoms with E-state index in [1.807, 2.05) is 39.8 Å². The monoisotopic (exact) mass is 125 g/mol. The summed E-state index contributed by atoms with van der Waals surface area (Å²) in [4.78, 5) is 0. The molecule has 0 spiro atoms. The quantitative estimate of drug-likeness (QED) is 0.521. The minimum Gasteiger partial charge on any atom is -0.305 e. The molecular weight excluding hydrogens is 110 g/mol. The maximum atomic E-state index is 7.45. The highest BCUT2D eigenvalue weighted by Crippen LogP contribution is 2.14. The van der Waals surface area contributed by atoms with Crippen molar-refractivity contribution in [3.8, 4) is 0 Å². The summed E-state index contributed by atoms with van der Waals surface area (Å²) in [6.45, 7) is 8.04.